The van der Waals surface area contributed by atoms with E-state index in [1.165, 1.54) is 11.8 Å². The standard InChI is InChI=1S/C24H22N4O2S/c25-23(29)16-31-22-14-8-7-13-19(22)26-24(30)20-15-21(17-9-3-1-4-10-17)28(27-20)18-11-5-2-6-12-18/h1-14,21H,15-16H2,(H2,25,29)(H,26,30). The van der Waals surface area contributed by atoms with Crippen molar-refractivity contribution in [3.63, 3.8) is 0 Å². The maximum Gasteiger partial charge on any atom is 0.271 e. The van der Waals surface area contributed by atoms with Gasteiger partial charge in [-0.05, 0) is 29.8 Å². The fourth-order valence-corrected chi connectivity index (χ4v) is 4.19. The maximum atomic E-state index is 13.1. The monoisotopic (exact) mass is 430 g/mol. The summed E-state index contributed by atoms with van der Waals surface area (Å²) in [6, 6.07) is 27.2. The largest absolute Gasteiger partial charge is 0.369 e. The number of nitrogens with one attached hydrogen (secondary N) is 1. The summed E-state index contributed by atoms with van der Waals surface area (Å²) in [5.41, 5.74) is 8.37. The highest BCUT2D eigenvalue weighted by molar-refractivity contribution is 8.00. The number of hydrazone groups is 1. The first kappa shape index (κ1) is 20.7. The zero-order chi connectivity index (χ0) is 21.6. The molecule has 1 aliphatic rings. The Morgan fingerprint density at radius 3 is 2.32 bits per heavy atom. The predicted octanol–water partition coefficient (Wildman–Crippen LogP) is 4.21. The first-order chi connectivity index (χ1) is 15.1. The number of primary amides is 1. The molecule has 2 amide bonds. The molecular weight excluding hydrogens is 408 g/mol. The molecule has 3 N–H and O–H groups in total. The van der Waals surface area contributed by atoms with E-state index >= 15 is 0 Å². The molecule has 0 radical (unpaired) electrons. The zero-order valence-electron chi connectivity index (χ0n) is 16.8. The van der Waals surface area contributed by atoms with Crippen LogP contribution in [0.3, 0.4) is 0 Å². The van der Waals surface area contributed by atoms with Gasteiger partial charge >= 0.3 is 0 Å². The number of benzene rings is 3. The molecule has 0 bridgehead atoms. The van der Waals surface area contributed by atoms with E-state index in [9.17, 15) is 9.59 Å². The first-order valence-corrected chi connectivity index (χ1v) is 10.9. The number of nitrogens with two attached hydrogens (primary N) is 1. The van der Waals surface area contributed by atoms with Gasteiger partial charge in [0.15, 0.2) is 0 Å². The lowest BCUT2D eigenvalue weighted by Gasteiger charge is -2.23. The van der Waals surface area contributed by atoms with E-state index in [1.807, 2.05) is 83.9 Å². The Labute approximate surface area is 185 Å². The predicted molar refractivity (Wildman–Crippen MR) is 125 cm³/mol. The van der Waals surface area contributed by atoms with E-state index in [-0.39, 0.29) is 17.7 Å². The highest BCUT2D eigenvalue weighted by Gasteiger charge is 2.32. The molecule has 4 rings (SSSR count). The molecule has 1 atom stereocenters. The van der Waals surface area contributed by atoms with Crippen LogP contribution >= 0.6 is 11.8 Å². The summed E-state index contributed by atoms with van der Waals surface area (Å²) in [5.74, 6) is -0.520. The van der Waals surface area contributed by atoms with Crippen molar-refractivity contribution >= 4 is 40.7 Å². The molecule has 0 saturated carbocycles. The molecule has 0 aliphatic carbocycles. The Morgan fingerprint density at radius 2 is 1.61 bits per heavy atom. The number of rotatable bonds is 7. The Kier molecular flexibility index (Phi) is 6.33. The Balaban J connectivity index is 1.58. The third-order valence-corrected chi connectivity index (χ3v) is 5.98. The summed E-state index contributed by atoms with van der Waals surface area (Å²) < 4.78 is 0. The third-order valence-electron chi connectivity index (χ3n) is 4.88. The van der Waals surface area contributed by atoms with E-state index in [4.69, 9.17) is 5.73 Å². The van der Waals surface area contributed by atoms with Crippen molar-refractivity contribution in [3.8, 4) is 0 Å². The number of amides is 2. The van der Waals surface area contributed by atoms with Crippen molar-refractivity contribution in [1.29, 1.82) is 0 Å². The number of thioether (sulfide) groups is 1. The van der Waals surface area contributed by atoms with Gasteiger partial charge in [-0.25, -0.2) is 0 Å². The molecule has 0 fully saturated rings. The van der Waals surface area contributed by atoms with Crippen LogP contribution in [0.2, 0.25) is 0 Å². The Morgan fingerprint density at radius 1 is 0.968 bits per heavy atom. The lowest BCUT2D eigenvalue weighted by molar-refractivity contribution is -0.115. The minimum Gasteiger partial charge on any atom is -0.369 e. The number of hydrogen-bond acceptors (Lipinski definition) is 5. The number of para-hydroxylation sites is 2. The topological polar surface area (TPSA) is 87.8 Å². The zero-order valence-corrected chi connectivity index (χ0v) is 17.6. The minimum atomic E-state index is -0.407. The van der Waals surface area contributed by atoms with Crippen molar-refractivity contribution < 1.29 is 9.59 Å². The molecule has 7 heteroatoms. The lowest BCUT2D eigenvalue weighted by atomic mass is 10.0. The Hall–Kier alpha value is -3.58. The molecule has 1 heterocycles. The average Bonchev–Trinajstić information content (AvgIpc) is 3.25. The molecule has 1 aliphatic heterocycles. The van der Waals surface area contributed by atoms with Crippen LogP contribution in [0, 0.1) is 0 Å². The van der Waals surface area contributed by atoms with Gasteiger partial charge < -0.3 is 11.1 Å². The van der Waals surface area contributed by atoms with Crippen molar-refractivity contribution in [2.75, 3.05) is 16.1 Å². The minimum absolute atomic E-state index is 0.0659. The fourth-order valence-electron chi connectivity index (χ4n) is 3.44. The lowest BCUT2D eigenvalue weighted by Crippen LogP contribution is -2.22. The summed E-state index contributed by atoms with van der Waals surface area (Å²) in [6.45, 7) is 0. The van der Waals surface area contributed by atoms with Crippen LogP contribution in [-0.4, -0.2) is 23.3 Å². The van der Waals surface area contributed by atoms with Crippen LogP contribution in [0.1, 0.15) is 18.0 Å². The van der Waals surface area contributed by atoms with Gasteiger partial charge in [-0.2, -0.15) is 5.10 Å². The second-order valence-corrected chi connectivity index (χ2v) is 8.08. The van der Waals surface area contributed by atoms with Crippen LogP contribution in [-0.2, 0) is 9.59 Å². The van der Waals surface area contributed by atoms with Gasteiger partial charge in [-0.3, -0.25) is 14.6 Å². The molecule has 156 valence electrons. The summed E-state index contributed by atoms with van der Waals surface area (Å²) in [5, 5.41) is 9.52. The highest BCUT2D eigenvalue weighted by Crippen LogP contribution is 2.35. The van der Waals surface area contributed by atoms with Gasteiger partial charge in [-0.1, -0.05) is 60.7 Å². The van der Waals surface area contributed by atoms with Crippen molar-refractivity contribution in [3.05, 3.63) is 90.5 Å². The van der Waals surface area contributed by atoms with E-state index in [0.717, 1.165) is 16.1 Å². The summed E-state index contributed by atoms with van der Waals surface area (Å²) >= 11 is 1.29. The SMILES string of the molecule is NC(=O)CSc1ccccc1NC(=O)C1=NN(c2ccccc2)C(c2ccccc2)C1. The molecule has 6 nitrogen and oxygen atoms in total. The number of nitrogens with zero attached hydrogens (tertiary/aromatic N) is 2. The quantitative estimate of drug-likeness (QED) is 0.550. The van der Waals surface area contributed by atoms with Crippen LogP contribution in [0.4, 0.5) is 11.4 Å². The number of carbonyl (C=O) groups excluding carboxylic acids is 2. The normalized spacial score (nSPS) is 15.4. The fraction of sp³-hybridized carbons (Fsp3) is 0.125. The van der Waals surface area contributed by atoms with Gasteiger partial charge in [-0.15, -0.1) is 11.8 Å². The summed E-state index contributed by atoms with van der Waals surface area (Å²) in [4.78, 5) is 25.0. The number of carbonyl (C=O) groups is 2. The smallest absolute Gasteiger partial charge is 0.271 e. The number of anilines is 2. The van der Waals surface area contributed by atoms with Crippen molar-refractivity contribution in [2.24, 2.45) is 10.8 Å². The second kappa shape index (κ2) is 9.49. The summed E-state index contributed by atoms with van der Waals surface area (Å²) in [6.07, 6.45) is 0.487. The van der Waals surface area contributed by atoms with Crippen LogP contribution in [0.15, 0.2) is 94.9 Å². The third kappa shape index (κ3) is 4.95. The van der Waals surface area contributed by atoms with E-state index in [2.05, 4.69) is 10.4 Å². The van der Waals surface area contributed by atoms with Gasteiger partial charge in [0.2, 0.25) is 5.91 Å². The molecule has 3 aromatic rings. The van der Waals surface area contributed by atoms with Crippen molar-refractivity contribution in [2.45, 2.75) is 17.4 Å². The average molecular weight is 431 g/mol. The summed E-state index contributed by atoms with van der Waals surface area (Å²) in [7, 11) is 0. The molecular formula is C24H22N4O2S. The molecule has 0 aromatic heterocycles. The number of hydrogen-bond donors (Lipinski definition) is 2. The van der Waals surface area contributed by atoms with Gasteiger partial charge in [0, 0.05) is 11.3 Å². The molecule has 0 saturated heterocycles. The molecule has 3 aromatic carbocycles. The van der Waals surface area contributed by atoms with Crippen LogP contribution in [0.25, 0.3) is 0 Å². The highest BCUT2D eigenvalue weighted by atomic mass is 32.2. The first-order valence-electron chi connectivity index (χ1n) is 9.90. The van der Waals surface area contributed by atoms with Gasteiger partial charge in [0.1, 0.15) is 5.71 Å². The molecule has 1 unspecified atom stereocenters. The molecule has 0 spiro atoms. The Bertz CT molecular complexity index is 1100. The van der Waals surface area contributed by atoms with Gasteiger partial charge in [0.05, 0.1) is 23.2 Å². The van der Waals surface area contributed by atoms with Crippen molar-refractivity contribution in [1.82, 2.24) is 0 Å². The van der Waals surface area contributed by atoms with E-state index in [1.54, 1.807) is 6.07 Å². The van der Waals surface area contributed by atoms with Crippen LogP contribution < -0.4 is 16.1 Å². The second-order valence-electron chi connectivity index (χ2n) is 7.06. The van der Waals surface area contributed by atoms with E-state index in [0.29, 0.717) is 17.8 Å². The van der Waals surface area contributed by atoms with Gasteiger partial charge in [0.25, 0.3) is 5.91 Å². The van der Waals surface area contributed by atoms with E-state index < -0.39 is 5.91 Å². The maximum absolute atomic E-state index is 13.1. The van der Waals surface area contributed by atoms with Crippen LogP contribution in [0.5, 0.6) is 0 Å². The molecule has 31 heavy (non-hydrogen) atoms.